The van der Waals surface area contributed by atoms with Crippen molar-refractivity contribution in [1.29, 1.82) is 0 Å². The molecular formula is C18H22N2O3. The second kappa shape index (κ2) is 8.08. The maximum Gasteiger partial charge on any atom is 0.174 e. The molecule has 0 atom stereocenters. The number of nitrogens with zero attached hydrogens (tertiary/aromatic N) is 1. The Balaban J connectivity index is 1.85. The van der Waals surface area contributed by atoms with Crippen LogP contribution in [0.5, 0.6) is 11.5 Å². The summed E-state index contributed by atoms with van der Waals surface area (Å²) < 4.78 is 10.9. The van der Waals surface area contributed by atoms with Crippen molar-refractivity contribution in [2.75, 3.05) is 20.3 Å². The molecule has 2 aromatic rings. The molecule has 0 aromatic heterocycles. The van der Waals surface area contributed by atoms with E-state index in [4.69, 9.17) is 20.0 Å². The van der Waals surface area contributed by atoms with Crippen LogP contribution in [0.4, 0.5) is 0 Å². The van der Waals surface area contributed by atoms with Crippen LogP contribution in [0.2, 0.25) is 0 Å². The zero-order valence-corrected chi connectivity index (χ0v) is 13.7. The summed E-state index contributed by atoms with van der Waals surface area (Å²) in [5, 5.41) is 3.91. The smallest absolute Gasteiger partial charge is 0.174 e. The van der Waals surface area contributed by atoms with Gasteiger partial charge in [-0.1, -0.05) is 29.4 Å². The fraction of sp³-hybridized carbons (Fsp3) is 0.278. The van der Waals surface area contributed by atoms with Crippen LogP contribution in [0, 0.1) is 13.8 Å². The molecule has 23 heavy (non-hydrogen) atoms. The first kappa shape index (κ1) is 16.7. The molecule has 0 saturated heterocycles. The Hall–Kier alpha value is -2.69. The largest absolute Gasteiger partial charge is 0.496 e. The van der Waals surface area contributed by atoms with Gasteiger partial charge in [0.15, 0.2) is 12.4 Å². The molecule has 2 aromatic carbocycles. The van der Waals surface area contributed by atoms with Crippen molar-refractivity contribution in [2.45, 2.75) is 13.8 Å². The normalized spacial score (nSPS) is 11.2. The number of methoxy groups -OCH3 is 1. The zero-order valence-electron chi connectivity index (χ0n) is 13.7. The Morgan fingerprint density at radius 3 is 2.61 bits per heavy atom. The molecule has 0 bridgehead atoms. The van der Waals surface area contributed by atoms with Crippen molar-refractivity contribution in [3.8, 4) is 11.5 Å². The van der Waals surface area contributed by atoms with Gasteiger partial charge in [-0.3, -0.25) is 0 Å². The molecule has 0 spiro atoms. The Kier molecular flexibility index (Phi) is 5.86. The number of rotatable bonds is 7. The van der Waals surface area contributed by atoms with E-state index in [1.54, 1.807) is 7.11 Å². The highest BCUT2D eigenvalue weighted by molar-refractivity contribution is 5.99. The summed E-state index contributed by atoms with van der Waals surface area (Å²) in [4.78, 5) is 5.22. The van der Waals surface area contributed by atoms with E-state index in [-0.39, 0.29) is 5.84 Å². The molecule has 0 amide bonds. The van der Waals surface area contributed by atoms with E-state index in [9.17, 15) is 0 Å². The molecule has 2 rings (SSSR count). The first-order valence-electron chi connectivity index (χ1n) is 7.40. The molecule has 0 aliphatic heterocycles. The predicted molar refractivity (Wildman–Crippen MR) is 91.1 cm³/mol. The Labute approximate surface area is 136 Å². The van der Waals surface area contributed by atoms with Crippen LogP contribution in [-0.4, -0.2) is 26.2 Å². The molecule has 2 N–H and O–H groups in total. The van der Waals surface area contributed by atoms with Crippen LogP contribution in [0.15, 0.2) is 47.6 Å². The van der Waals surface area contributed by atoms with Gasteiger partial charge in [0.05, 0.1) is 12.7 Å². The van der Waals surface area contributed by atoms with Crippen LogP contribution in [0.1, 0.15) is 16.7 Å². The molecule has 0 fully saturated rings. The topological polar surface area (TPSA) is 66.1 Å². The lowest BCUT2D eigenvalue weighted by molar-refractivity contribution is 0.106. The minimum Gasteiger partial charge on any atom is -0.496 e. The highest BCUT2D eigenvalue weighted by atomic mass is 16.6. The number of oxime groups is 1. The quantitative estimate of drug-likeness (QED) is 0.369. The Morgan fingerprint density at radius 2 is 1.83 bits per heavy atom. The summed E-state index contributed by atoms with van der Waals surface area (Å²) in [6.07, 6.45) is 0. The molecule has 0 saturated carbocycles. The van der Waals surface area contributed by atoms with Gasteiger partial charge in [0, 0.05) is 0 Å². The van der Waals surface area contributed by atoms with Crippen LogP contribution < -0.4 is 15.2 Å². The molecule has 122 valence electrons. The third-order valence-corrected chi connectivity index (χ3v) is 3.32. The van der Waals surface area contributed by atoms with Crippen molar-refractivity contribution in [2.24, 2.45) is 10.9 Å². The number of aryl methyl sites for hydroxylation is 2. The van der Waals surface area contributed by atoms with Crippen molar-refractivity contribution < 1.29 is 14.3 Å². The van der Waals surface area contributed by atoms with E-state index in [0.29, 0.717) is 24.5 Å². The lowest BCUT2D eigenvalue weighted by Gasteiger charge is -2.10. The number of nitrogens with two attached hydrogens (primary N) is 1. The van der Waals surface area contributed by atoms with Crippen molar-refractivity contribution in [3.63, 3.8) is 0 Å². The monoisotopic (exact) mass is 314 g/mol. The summed E-state index contributed by atoms with van der Waals surface area (Å²) in [5.74, 6) is 1.79. The third kappa shape index (κ3) is 4.64. The van der Waals surface area contributed by atoms with Gasteiger partial charge in [-0.2, -0.15) is 0 Å². The van der Waals surface area contributed by atoms with Gasteiger partial charge < -0.3 is 20.0 Å². The van der Waals surface area contributed by atoms with Crippen LogP contribution in [-0.2, 0) is 4.84 Å². The Bertz CT molecular complexity index is 684. The molecule has 0 radical (unpaired) electrons. The first-order valence-corrected chi connectivity index (χ1v) is 7.40. The number of hydrogen-bond donors (Lipinski definition) is 1. The predicted octanol–water partition coefficient (Wildman–Crippen LogP) is 3.03. The second-order valence-electron chi connectivity index (χ2n) is 5.13. The van der Waals surface area contributed by atoms with Gasteiger partial charge in [0.2, 0.25) is 0 Å². The Morgan fingerprint density at radius 1 is 1.04 bits per heavy atom. The summed E-state index contributed by atoms with van der Waals surface area (Å²) in [6.45, 7) is 4.74. The van der Waals surface area contributed by atoms with Crippen LogP contribution in [0.3, 0.4) is 0 Å². The minimum atomic E-state index is 0.272. The minimum absolute atomic E-state index is 0.272. The average molecular weight is 314 g/mol. The van der Waals surface area contributed by atoms with E-state index in [2.05, 4.69) is 11.2 Å². The third-order valence-electron chi connectivity index (χ3n) is 3.32. The van der Waals surface area contributed by atoms with Gasteiger partial charge in [-0.05, 0) is 43.2 Å². The van der Waals surface area contributed by atoms with E-state index >= 15 is 0 Å². The summed E-state index contributed by atoms with van der Waals surface area (Å²) in [5.41, 5.74) is 8.86. The lowest BCUT2D eigenvalue weighted by Crippen LogP contribution is -2.16. The number of ether oxygens (including phenoxy) is 2. The van der Waals surface area contributed by atoms with Gasteiger partial charge >= 0.3 is 0 Å². The van der Waals surface area contributed by atoms with Gasteiger partial charge in [0.1, 0.15) is 18.1 Å². The molecule has 5 nitrogen and oxygen atoms in total. The van der Waals surface area contributed by atoms with E-state index in [0.717, 1.165) is 16.9 Å². The van der Waals surface area contributed by atoms with E-state index in [1.807, 2.05) is 50.2 Å². The molecule has 5 heteroatoms. The standard InChI is InChI=1S/C18H22N2O3/c1-13-8-9-14(2)17(12-13)22-10-11-23-20-18(19)15-6-4-5-7-16(15)21-3/h4-9,12H,10-11H2,1-3H3,(H2,19,20). The molecule has 0 aliphatic carbocycles. The van der Waals surface area contributed by atoms with Crippen molar-refractivity contribution >= 4 is 5.84 Å². The fourth-order valence-electron chi connectivity index (χ4n) is 2.07. The van der Waals surface area contributed by atoms with Gasteiger partial charge in [-0.15, -0.1) is 0 Å². The number of amidine groups is 1. The number of para-hydroxylation sites is 1. The highest BCUT2D eigenvalue weighted by Crippen LogP contribution is 2.19. The van der Waals surface area contributed by atoms with Crippen LogP contribution >= 0.6 is 0 Å². The van der Waals surface area contributed by atoms with Gasteiger partial charge in [0.25, 0.3) is 0 Å². The van der Waals surface area contributed by atoms with Gasteiger partial charge in [-0.25, -0.2) is 0 Å². The average Bonchev–Trinajstić information content (AvgIpc) is 2.57. The fourth-order valence-corrected chi connectivity index (χ4v) is 2.07. The van der Waals surface area contributed by atoms with Crippen molar-refractivity contribution in [3.05, 3.63) is 59.2 Å². The number of benzene rings is 2. The zero-order chi connectivity index (χ0) is 16.7. The number of hydrogen-bond acceptors (Lipinski definition) is 4. The lowest BCUT2D eigenvalue weighted by atomic mass is 10.1. The summed E-state index contributed by atoms with van der Waals surface area (Å²) >= 11 is 0. The van der Waals surface area contributed by atoms with Crippen molar-refractivity contribution in [1.82, 2.24) is 0 Å². The van der Waals surface area contributed by atoms with Crippen LogP contribution in [0.25, 0.3) is 0 Å². The maximum atomic E-state index is 5.91. The van der Waals surface area contributed by atoms with E-state index < -0.39 is 0 Å². The molecule has 0 heterocycles. The summed E-state index contributed by atoms with van der Waals surface area (Å²) in [6, 6.07) is 13.5. The SMILES string of the molecule is COc1ccccc1C(N)=NOCCOc1cc(C)ccc1C. The highest BCUT2D eigenvalue weighted by Gasteiger charge is 2.06. The molecule has 0 aliphatic rings. The molecular weight excluding hydrogens is 292 g/mol. The second-order valence-corrected chi connectivity index (χ2v) is 5.13. The summed E-state index contributed by atoms with van der Waals surface area (Å²) in [7, 11) is 1.59. The maximum absolute atomic E-state index is 5.91. The van der Waals surface area contributed by atoms with E-state index in [1.165, 1.54) is 0 Å². The molecule has 0 unspecified atom stereocenters. The first-order chi connectivity index (χ1) is 11.1.